The molecular weight excluding hydrogens is 490 g/mol. The average Bonchev–Trinajstić information content (AvgIpc) is 2.85. The first kappa shape index (κ1) is 25.9. The quantitative estimate of drug-likeness (QED) is 0.259. The van der Waals surface area contributed by atoms with E-state index in [1.807, 2.05) is 78.9 Å². The summed E-state index contributed by atoms with van der Waals surface area (Å²) in [5, 5.41) is 0. The number of likely N-dealkylation sites (N-methyl/N-ethyl adjacent to an activating group) is 1. The van der Waals surface area contributed by atoms with Gasteiger partial charge in [0.25, 0.3) is 0 Å². The van der Waals surface area contributed by atoms with Gasteiger partial charge in [0, 0.05) is 24.8 Å². The largest absolute Gasteiger partial charge is 1.00 e. The highest BCUT2D eigenvalue weighted by Crippen LogP contribution is 2.28. The standard InChI is InChI=1S/C29H32NO3.BrH/c1-30(22-27(31)24-13-7-3-8-14-24)19-17-26(18-20-30)29(32)33-28(25-15-9-4-10-16-25)21-23-11-5-2-6-12-23;/h2-16,26,28H,17-22H2,1H3;1H/q+1;/p-1. The van der Waals surface area contributed by atoms with Crippen LogP contribution in [0, 0.1) is 5.92 Å². The number of ether oxygens (including phenoxy) is 1. The molecule has 0 N–H and O–H groups in total. The Balaban J connectivity index is 0.00000324. The van der Waals surface area contributed by atoms with Crippen LogP contribution in [0.4, 0.5) is 0 Å². The number of esters is 1. The molecule has 0 radical (unpaired) electrons. The van der Waals surface area contributed by atoms with Crippen molar-refractivity contribution < 1.29 is 35.8 Å². The molecule has 34 heavy (non-hydrogen) atoms. The molecule has 1 fully saturated rings. The van der Waals surface area contributed by atoms with Crippen molar-refractivity contribution in [3.8, 4) is 0 Å². The van der Waals surface area contributed by atoms with E-state index in [-0.39, 0.29) is 40.8 Å². The summed E-state index contributed by atoms with van der Waals surface area (Å²) in [5.74, 6) is -0.0865. The fourth-order valence-corrected chi connectivity index (χ4v) is 4.61. The minimum Gasteiger partial charge on any atom is -1.00 e. The maximum atomic E-state index is 13.1. The lowest BCUT2D eigenvalue weighted by atomic mass is 9.94. The number of ketones is 1. The van der Waals surface area contributed by atoms with Gasteiger partial charge in [0.15, 0.2) is 0 Å². The van der Waals surface area contributed by atoms with E-state index in [0.717, 1.165) is 42.6 Å². The molecule has 0 bridgehead atoms. The van der Waals surface area contributed by atoms with Crippen molar-refractivity contribution in [2.45, 2.75) is 25.4 Å². The van der Waals surface area contributed by atoms with Crippen LogP contribution >= 0.6 is 0 Å². The van der Waals surface area contributed by atoms with Crippen LogP contribution in [-0.4, -0.2) is 42.9 Å². The molecular formula is C29H32BrNO3. The van der Waals surface area contributed by atoms with Crippen molar-refractivity contribution in [1.82, 2.24) is 0 Å². The lowest BCUT2D eigenvalue weighted by Gasteiger charge is -2.39. The molecule has 5 heteroatoms. The number of carbonyl (C=O) groups is 2. The van der Waals surface area contributed by atoms with Crippen LogP contribution in [-0.2, 0) is 16.0 Å². The number of rotatable bonds is 8. The Morgan fingerprint density at radius 2 is 1.38 bits per heavy atom. The van der Waals surface area contributed by atoms with E-state index >= 15 is 0 Å². The lowest BCUT2D eigenvalue weighted by Crippen LogP contribution is -3.00. The number of hydrogen-bond acceptors (Lipinski definition) is 3. The van der Waals surface area contributed by atoms with Crippen LogP contribution in [0.1, 0.15) is 40.4 Å². The predicted molar refractivity (Wildman–Crippen MR) is 130 cm³/mol. The van der Waals surface area contributed by atoms with Crippen LogP contribution in [0.25, 0.3) is 0 Å². The normalized spacial score (nSPS) is 20.6. The predicted octanol–water partition coefficient (Wildman–Crippen LogP) is 2.26. The molecule has 1 unspecified atom stereocenters. The molecule has 0 amide bonds. The van der Waals surface area contributed by atoms with Crippen molar-refractivity contribution in [1.29, 1.82) is 0 Å². The first-order valence-corrected chi connectivity index (χ1v) is 11.7. The van der Waals surface area contributed by atoms with Gasteiger partial charge in [-0.3, -0.25) is 9.59 Å². The Bertz CT molecular complexity index is 1050. The van der Waals surface area contributed by atoms with Gasteiger partial charge in [-0.15, -0.1) is 0 Å². The molecule has 1 atom stereocenters. The first-order valence-electron chi connectivity index (χ1n) is 11.7. The maximum Gasteiger partial charge on any atom is 0.310 e. The van der Waals surface area contributed by atoms with Crippen molar-refractivity contribution in [3.05, 3.63) is 108 Å². The third-order valence-corrected chi connectivity index (χ3v) is 6.68. The summed E-state index contributed by atoms with van der Waals surface area (Å²) in [6.45, 7) is 2.06. The number of carbonyl (C=O) groups excluding carboxylic acids is 2. The van der Waals surface area contributed by atoms with E-state index in [1.54, 1.807) is 0 Å². The van der Waals surface area contributed by atoms with E-state index in [4.69, 9.17) is 4.74 Å². The van der Waals surface area contributed by atoms with Crippen LogP contribution in [0.5, 0.6) is 0 Å². The zero-order valence-corrected chi connectivity index (χ0v) is 21.2. The second-order valence-electron chi connectivity index (χ2n) is 9.31. The van der Waals surface area contributed by atoms with Gasteiger partial charge in [0.2, 0.25) is 5.78 Å². The smallest absolute Gasteiger partial charge is 0.310 e. The minimum absolute atomic E-state index is 0. The third-order valence-electron chi connectivity index (χ3n) is 6.68. The van der Waals surface area contributed by atoms with Crippen LogP contribution < -0.4 is 17.0 Å². The molecule has 4 rings (SSSR count). The summed E-state index contributed by atoms with van der Waals surface area (Å²) >= 11 is 0. The van der Waals surface area contributed by atoms with Crippen molar-refractivity contribution in [3.63, 3.8) is 0 Å². The Morgan fingerprint density at radius 3 is 1.97 bits per heavy atom. The number of Topliss-reactive ketones (excluding diaryl/α,β-unsaturated/α-hetero) is 1. The van der Waals surface area contributed by atoms with E-state index in [1.165, 1.54) is 0 Å². The Hall–Kier alpha value is -2.76. The second-order valence-corrected chi connectivity index (χ2v) is 9.31. The summed E-state index contributed by atoms with van der Waals surface area (Å²) in [5.41, 5.74) is 2.91. The third kappa shape index (κ3) is 6.87. The fraction of sp³-hybridized carbons (Fsp3) is 0.310. The Labute approximate surface area is 212 Å². The number of likely N-dealkylation sites (tertiary alicyclic amines) is 1. The molecule has 0 aliphatic carbocycles. The second kappa shape index (κ2) is 12.1. The molecule has 1 saturated heterocycles. The van der Waals surface area contributed by atoms with E-state index in [9.17, 15) is 9.59 Å². The Kier molecular flexibility index (Phi) is 9.20. The highest BCUT2D eigenvalue weighted by Gasteiger charge is 2.36. The molecule has 3 aromatic rings. The van der Waals surface area contributed by atoms with Gasteiger partial charge in [-0.2, -0.15) is 0 Å². The van der Waals surface area contributed by atoms with E-state index in [2.05, 4.69) is 19.2 Å². The van der Waals surface area contributed by atoms with Gasteiger partial charge >= 0.3 is 5.97 Å². The molecule has 4 nitrogen and oxygen atoms in total. The summed E-state index contributed by atoms with van der Waals surface area (Å²) in [6.07, 6.45) is 1.83. The van der Waals surface area contributed by atoms with Gasteiger partial charge in [-0.05, 0) is 11.1 Å². The summed E-state index contributed by atoms with van der Waals surface area (Å²) in [6, 6.07) is 29.6. The number of benzene rings is 3. The fourth-order valence-electron chi connectivity index (χ4n) is 4.61. The number of quaternary nitrogens is 1. The summed E-state index contributed by atoms with van der Waals surface area (Å²) in [7, 11) is 2.12. The molecule has 1 aliphatic heterocycles. The van der Waals surface area contributed by atoms with Crippen LogP contribution in [0.3, 0.4) is 0 Å². The van der Waals surface area contributed by atoms with Gasteiger partial charge < -0.3 is 26.2 Å². The van der Waals surface area contributed by atoms with Crippen molar-refractivity contribution in [2.75, 3.05) is 26.7 Å². The number of halogens is 1. The molecule has 1 heterocycles. The van der Waals surface area contributed by atoms with Crippen LogP contribution in [0.2, 0.25) is 0 Å². The first-order chi connectivity index (χ1) is 16.0. The molecule has 1 aliphatic rings. The van der Waals surface area contributed by atoms with E-state index in [0.29, 0.717) is 17.4 Å². The zero-order chi connectivity index (χ0) is 23.1. The van der Waals surface area contributed by atoms with E-state index < -0.39 is 0 Å². The molecule has 0 saturated carbocycles. The summed E-state index contributed by atoms with van der Waals surface area (Å²) in [4.78, 5) is 25.8. The Morgan fingerprint density at radius 1 is 0.853 bits per heavy atom. The molecule has 0 spiro atoms. The maximum absolute atomic E-state index is 13.1. The monoisotopic (exact) mass is 521 g/mol. The summed E-state index contributed by atoms with van der Waals surface area (Å²) < 4.78 is 6.76. The minimum atomic E-state index is -0.302. The highest BCUT2D eigenvalue weighted by atomic mass is 79.9. The average molecular weight is 522 g/mol. The van der Waals surface area contributed by atoms with Crippen molar-refractivity contribution >= 4 is 11.8 Å². The topological polar surface area (TPSA) is 43.4 Å². The van der Waals surface area contributed by atoms with Crippen molar-refractivity contribution in [2.24, 2.45) is 5.92 Å². The number of piperidine rings is 1. The number of hydrogen-bond donors (Lipinski definition) is 0. The SMILES string of the molecule is C[N+]1(CC(=O)c2ccccc2)CCC(C(=O)OC(Cc2ccccc2)c2ccccc2)CC1.[Br-]. The van der Waals surface area contributed by atoms with Gasteiger partial charge in [0.05, 0.1) is 26.1 Å². The lowest BCUT2D eigenvalue weighted by molar-refractivity contribution is -0.906. The zero-order valence-electron chi connectivity index (χ0n) is 19.6. The number of nitrogens with zero attached hydrogens (tertiary/aromatic N) is 1. The van der Waals surface area contributed by atoms with Gasteiger partial charge in [-0.25, -0.2) is 0 Å². The van der Waals surface area contributed by atoms with Crippen LogP contribution in [0.15, 0.2) is 91.0 Å². The molecule has 3 aromatic carbocycles. The molecule has 0 aromatic heterocycles. The van der Waals surface area contributed by atoms with Gasteiger partial charge in [0.1, 0.15) is 12.6 Å². The molecule has 178 valence electrons. The highest BCUT2D eigenvalue weighted by molar-refractivity contribution is 5.96. The van der Waals surface area contributed by atoms with Gasteiger partial charge in [-0.1, -0.05) is 91.0 Å².